The van der Waals surface area contributed by atoms with E-state index in [1.165, 1.54) is 0 Å². The predicted molar refractivity (Wildman–Crippen MR) is 95.5 cm³/mol. The lowest BCUT2D eigenvalue weighted by Gasteiger charge is -2.13. The number of carbonyl (C=O) groups excluding carboxylic acids is 1. The first-order valence-electron chi connectivity index (χ1n) is 7.58. The van der Waals surface area contributed by atoms with Gasteiger partial charge in [0.25, 0.3) is 5.56 Å². The van der Waals surface area contributed by atoms with E-state index in [0.29, 0.717) is 16.5 Å². The van der Waals surface area contributed by atoms with E-state index in [4.69, 9.17) is 0 Å². The molecular weight excluding hydrogens is 304 g/mol. The molecule has 2 N–H and O–H groups in total. The molecule has 0 spiro atoms. The summed E-state index contributed by atoms with van der Waals surface area (Å²) in [6.07, 6.45) is 0.0900. The number of anilines is 2. The summed E-state index contributed by atoms with van der Waals surface area (Å²) in [5.74, 6) is -0.183. The Morgan fingerprint density at radius 3 is 2.42 bits per heavy atom. The zero-order valence-corrected chi connectivity index (χ0v) is 13.5. The Kier molecular flexibility index (Phi) is 4.29. The van der Waals surface area contributed by atoms with Gasteiger partial charge in [-0.15, -0.1) is 0 Å². The molecule has 0 saturated carbocycles. The number of aromatic nitrogens is 2. The molecule has 6 nitrogen and oxygen atoms in total. The average Bonchev–Trinajstić information content (AvgIpc) is 2.58. The molecule has 3 aromatic rings. The highest BCUT2D eigenvalue weighted by atomic mass is 16.1. The zero-order chi connectivity index (χ0) is 17.1. The van der Waals surface area contributed by atoms with E-state index in [1.54, 1.807) is 18.2 Å². The Hall–Kier alpha value is -3.15. The topological polar surface area (TPSA) is 78.1 Å². The number of H-pyrrole nitrogens is 1. The van der Waals surface area contributed by atoms with Crippen LogP contribution < -0.4 is 15.8 Å². The minimum Gasteiger partial charge on any atom is -0.378 e. The van der Waals surface area contributed by atoms with E-state index in [-0.39, 0.29) is 17.9 Å². The number of rotatable bonds is 4. The maximum atomic E-state index is 12.3. The number of amides is 1. The number of carbonyl (C=O) groups is 1. The quantitative estimate of drug-likeness (QED) is 0.772. The number of hydrogen-bond donors (Lipinski definition) is 2. The smallest absolute Gasteiger partial charge is 0.272 e. The van der Waals surface area contributed by atoms with E-state index in [9.17, 15) is 9.59 Å². The minimum atomic E-state index is -0.256. The second-order valence-corrected chi connectivity index (χ2v) is 5.71. The molecule has 0 fully saturated rings. The van der Waals surface area contributed by atoms with Crippen LogP contribution in [0, 0.1) is 0 Å². The lowest BCUT2D eigenvalue weighted by Crippen LogP contribution is -2.18. The van der Waals surface area contributed by atoms with Crippen LogP contribution in [-0.4, -0.2) is 30.2 Å². The van der Waals surface area contributed by atoms with Crippen molar-refractivity contribution in [1.82, 2.24) is 10.2 Å². The lowest BCUT2D eigenvalue weighted by molar-refractivity contribution is -0.115. The van der Waals surface area contributed by atoms with E-state index in [0.717, 1.165) is 11.4 Å². The summed E-state index contributed by atoms with van der Waals surface area (Å²) in [5, 5.41) is 10.5. The molecule has 1 heterocycles. The maximum Gasteiger partial charge on any atom is 0.272 e. The first-order chi connectivity index (χ1) is 11.5. The normalized spacial score (nSPS) is 10.6. The molecule has 0 bridgehead atoms. The fourth-order valence-corrected chi connectivity index (χ4v) is 2.51. The van der Waals surface area contributed by atoms with E-state index >= 15 is 0 Å². The van der Waals surface area contributed by atoms with Crippen molar-refractivity contribution in [3.05, 3.63) is 64.6 Å². The van der Waals surface area contributed by atoms with E-state index < -0.39 is 0 Å². The molecule has 6 heteroatoms. The van der Waals surface area contributed by atoms with Gasteiger partial charge in [-0.3, -0.25) is 9.59 Å². The van der Waals surface area contributed by atoms with Crippen LogP contribution in [0.25, 0.3) is 10.8 Å². The Bertz CT molecular complexity index is 930. The molecule has 0 aliphatic rings. The van der Waals surface area contributed by atoms with Crippen LogP contribution in [0.5, 0.6) is 0 Å². The molecule has 122 valence electrons. The maximum absolute atomic E-state index is 12.3. The molecule has 1 aromatic heterocycles. The summed E-state index contributed by atoms with van der Waals surface area (Å²) in [6, 6.07) is 14.7. The molecule has 1 amide bonds. The number of hydrogen-bond acceptors (Lipinski definition) is 4. The number of nitrogens with zero attached hydrogens (tertiary/aromatic N) is 2. The van der Waals surface area contributed by atoms with Crippen LogP contribution in [-0.2, 0) is 11.2 Å². The van der Waals surface area contributed by atoms with Crippen LogP contribution >= 0.6 is 0 Å². The molecule has 2 aromatic carbocycles. The van der Waals surface area contributed by atoms with Crippen LogP contribution in [0.4, 0.5) is 11.4 Å². The molecule has 0 saturated heterocycles. The fourth-order valence-electron chi connectivity index (χ4n) is 2.51. The summed E-state index contributed by atoms with van der Waals surface area (Å²) >= 11 is 0. The van der Waals surface area contributed by atoms with Gasteiger partial charge in [0, 0.05) is 30.9 Å². The largest absolute Gasteiger partial charge is 0.378 e. The van der Waals surface area contributed by atoms with Crippen molar-refractivity contribution >= 4 is 28.1 Å². The second-order valence-electron chi connectivity index (χ2n) is 5.71. The number of fused-ring (bicyclic) bond motifs is 1. The van der Waals surface area contributed by atoms with Gasteiger partial charge in [-0.05, 0) is 30.3 Å². The number of aromatic amines is 1. The summed E-state index contributed by atoms with van der Waals surface area (Å²) < 4.78 is 0. The molecule has 0 radical (unpaired) electrons. The summed E-state index contributed by atoms with van der Waals surface area (Å²) in [6.45, 7) is 0. The van der Waals surface area contributed by atoms with E-state index in [2.05, 4.69) is 15.5 Å². The molecule has 0 atom stereocenters. The zero-order valence-electron chi connectivity index (χ0n) is 13.5. The molecular formula is C18H18N4O2. The highest BCUT2D eigenvalue weighted by Crippen LogP contribution is 2.17. The average molecular weight is 322 g/mol. The molecule has 24 heavy (non-hydrogen) atoms. The lowest BCUT2D eigenvalue weighted by atomic mass is 10.1. The van der Waals surface area contributed by atoms with Crippen molar-refractivity contribution in [2.75, 3.05) is 24.3 Å². The van der Waals surface area contributed by atoms with Crippen molar-refractivity contribution in [3.8, 4) is 0 Å². The first-order valence-corrected chi connectivity index (χ1v) is 7.58. The van der Waals surface area contributed by atoms with Crippen LogP contribution in [0.2, 0.25) is 0 Å². The van der Waals surface area contributed by atoms with Crippen molar-refractivity contribution in [2.24, 2.45) is 0 Å². The van der Waals surface area contributed by atoms with Gasteiger partial charge in [0.2, 0.25) is 5.91 Å². The molecule has 0 unspecified atom stereocenters. The molecule has 0 aliphatic carbocycles. The van der Waals surface area contributed by atoms with Gasteiger partial charge >= 0.3 is 0 Å². The third-order valence-electron chi connectivity index (χ3n) is 3.77. The third-order valence-corrected chi connectivity index (χ3v) is 3.77. The van der Waals surface area contributed by atoms with Crippen molar-refractivity contribution in [1.29, 1.82) is 0 Å². The third kappa shape index (κ3) is 3.27. The van der Waals surface area contributed by atoms with E-state index in [1.807, 2.05) is 49.3 Å². The van der Waals surface area contributed by atoms with Crippen molar-refractivity contribution in [3.63, 3.8) is 0 Å². The van der Waals surface area contributed by atoms with Crippen molar-refractivity contribution in [2.45, 2.75) is 6.42 Å². The predicted octanol–water partition coefficient (Wildman–Crippen LogP) is 2.17. The Morgan fingerprint density at radius 2 is 1.75 bits per heavy atom. The van der Waals surface area contributed by atoms with Gasteiger partial charge < -0.3 is 10.2 Å². The highest BCUT2D eigenvalue weighted by Gasteiger charge is 2.11. The van der Waals surface area contributed by atoms with Gasteiger partial charge in [0.15, 0.2) is 0 Å². The van der Waals surface area contributed by atoms with Gasteiger partial charge in [-0.1, -0.05) is 18.2 Å². The van der Waals surface area contributed by atoms with Gasteiger partial charge in [-0.25, -0.2) is 5.10 Å². The minimum absolute atomic E-state index is 0.0900. The molecule has 0 aliphatic heterocycles. The Balaban J connectivity index is 1.78. The monoisotopic (exact) mass is 322 g/mol. The van der Waals surface area contributed by atoms with Crippen LogP contribution in [0.3, 0.4) is 0 Å². The highest BCUT2D eigenvalue weighted by molar-refractivity contribution is 5.95. The summed E-state index contributed by atoms with van der Waals surface area (Å²) in [4.78, 5) is 26.0. The SMILES string of the molecule is CN(C)c1ccc(NC(=O)Cc2n[nH]c(=O)c3ccccc23)cc1. The number of benzene rings is 2. The fraction of sp³-hybridized carbons (Fsp3) is 0.167. The van der Waals surface area contributed by atoms with Crippen LogP contribution in [0.15, 0.2) is 53.3 Å². The Labute approximate surface area is 139 Å². The Morgan fingerprint density at radius 1 is 1.08 bits per heavy atom. The van der Waals surface area contributed by atoms with Crippen LogP contribution in [0.1, 0.15) is 5.69 Å². The second kappa shape index (κ2) is 6.54. The van der Waals surface area contributed by atoms with Gasteiger partial charge in [0.1, 0.15) is 0 Å². The van der Waals surface area contributed by atoms with Crippen molar-refractivity contribution < 1.29 is 4.79 Å². The summed E-state index contributed by atoms with van der Waals surface area (Å²) in [7, 11) is 3.92. The first kappa shape index (κ1) is 15.7. The standard InChI is InChI=1S/C18H18N4O2/c1-22(2)13-9-7-12(8-10-13)19-17(23)11-16-14-5-3-4-6-15(14)18(24)21-20-16/h3-10H,11H2,1-2H3,(H,19,23)(H,21,24). The number of nitrogens with one attached hydrogen (secondary N) is 2. The summed E-state index contributed by atoms with van der Waals surface area (Å²) in [5.41, 5.74) is 2.07. The molecule has 3 rings (SSSR count). The van der Waals surface area contributed by atoms with Gasteiger partial charge in [0.05, 0.1) is 17.5 Å². The van der Waals surface area contributed by atoms with Gasteiger partial charge in [-0.2, -0.15) is 5.10 Å².